The highest BCUT2D eigenvalue weighted by Crippen LogP contribution is 2.42. The van der Waals surface area contributed by atoms with Crippen molar-refractivity contribution in [1.82, 2.24) is 0 Å². The van der Waals surface area contributed by atoms with Crippen LogP contribution in [0, 0.1) is 0 Å². The lowest BCUT2D eigenvalue weighted by Gasteiger charge is -2.18. The van der Waals surface area contributed by atoms with Crippen LogP contribution in [0.4, 0.5) is 5.69 Å². The van der Waals surface area contributed by atoms with Crippen LogP contribution in [0.5, 0.6) is 11.5 Å². The first-order valence-corrected chi connectivity index (χ1v) is 12.5. The van der Waals surface area contributed by atoms with E-state index in [9.17, 15) is 9.59 Å². The van der Waals surface area contributed by atoms with E-state index in [1.165, 1.54) is 6.08 Å². The van der Waals surface area contributed by atoms with Crippen molar-refractivity contribution in [3.8, 4) is 21.9 Å². The Morgan fingerprint density at radius 3 is 2.75 bits per heavy atom. The SMILES string of the molecule is COc1cc(OCC(=O)O)c(/C=C/C(=O)c2ccc3c(c2)CCCN3)cc1-c1cc2ccccc2s1. The van der Waals surface area contributed by atoms with Crippen LogP contribution in [-0.2, 0) is 11.2 Å². The van der Waals surface area contributed by atoms with Crippen molar-refractivity contribution < 1.29 is 24.2 Å². The number of hydrogen-bond acceptors (Lipinski definition) is 6. The molecule has 7 heteroatoms. The zero-order valence-electron chi connectivity index (χ0n) is 19.7. The number of allylic oxidation sites excluding steroid dienone is 1. The Bertz CT molecular complexity index is 1450. The number of methoxy groups -OCH3 is 1. The van der Waals surface area contributed by atoms with E-state index >= 15 is 0 Å². The summed E-state index contributed by atoms with van der Waals surface area (Å²) < 4.78 is 12.3. The van der Waals surface area contributed by atoms with Gasteiger partial charge in [-0.25, -0.2) is 4.79 Å². The Morgan fingerprint density at radius 1 is 1.08 bits per heavy atom. The molecule has 0 saturated carbocycles. The van der Waals surface area contributed by atoms with Crippen molar-refractivity contribution in [3.05, 3.63) is 83.4 Å². The summed E-state index contributed by atoms with van der Waals surface area (Å²) in [4.78, 5) is 25.2. The number of ketones is 1. The topological polar surface area (TPSA) is 84.9 Å². The number of carbonyl (C=O) groups excluding carboxylic acids is 1. The summed E-state index contributed by atoms with van der Waals surface area (Å²) >= 11 is 1.64. The summed E-state index contributed by atoms with van der Waals surface area (Å²) in [5, 5.41) is 13.6. The molecule has 2 heterocycles. The third-order valence-corrected chi connectivity index (χ3v) is 7.27. The molecule has 0 radical (unpaired) electrons. The number of hydrogen-bond donors (Lipinski definition) is 2. The maximum absolute atomic E-state index is 13.0. The van der Waals surface area contributed by atoms with Gasteiger partial charge in [0, 0.05) is 44.6 Å². The smallest absolute Gasteiger partial charge is 0.341 e. The second-order valence-corrected chi connectivity index (χ2v) is 9.60. The number of carboxylic acids is 1. The van der Waals surface area contributed by atoms with Gasteiger partial charge in [-0.3, -0.25) is 4.79 Å². The predicted molar refractivity (Wildman–Crippen MR) is 144 cm³/mol. The van der Waals surface area contributed by atoms with Gasteiger partial charge in [-0.2, -0.15) is 0 Å². The van der Waals surface area contributed by atoms with Gasteiger partial charge < -0.3 is 19.9 Å². The van der Waals surface area contributed by atoms with Crippen molar-refractivity contribution in [2.24, 2.45) is 0 Å². The van der Waals surface area contributed by atoms with E-state index in [0.29, 0.717) is 22.6 Å². The van der Waals surface area contributed by atoms with E-state index in [0.717, 1.165) is 51.2 Å². The van der Waals surface area contributed by atoms with Crippen LogP contribution in [0.15, 0.2) is 66.7 Å². The lowest BCUT2D eigenvalue weighted by atomic mass is 9.98. The Morgan fingerprint density at radius 2 is 1.94 bits per heavy atom. The van der Waals surface area contributed by atoms with Crippen molar-refractivity contribution in [2.75, 3.05) is 25.6 Å². The maximum Gasteiger partial charge on any atom is 0.341 e. The molecule has 0 aliphatic carbocycles. The number of carboxylic acid groups (broad SMARTS) is 1. The van der Waals surface area contributed by atoms with Gasteiger partial charge in [0.25, 0.3) is 0 Å². The van der Waals surface area contributed by atoms with Gasteiger partial charge in [0.2, 0.25) is 0 Å². The fraction of sp³-hybridized carbons (Fsp3) is 0.172. The maximum atomic E-state index is 13.0. The quantitative estimate of drug-likeness (QED) is 0.219. The van der Waals surface area contributed by atoms with E-state index in [1.807, 2.05) is 36.4 Å². The van der Waals surface area contributed by atoms with Crippen LogP contribution in [-0.4, -0.2) is 37.1 Å². The summed E-state index contributed by atoms with van der Waals surface area (Å²) in [6.45, 7) is 0.441. The summed E-state index contributed by atoms with van der Waals surface area (Å²) in [6, 6.07) is 19.5. The van der Waals surface area contributed by atoms with Crippen molar-refractivity contribution in [1.29, 1.82) is 0 Å². The Hall–Kier alpha value is -4.10. The minimum Gasteiger partial charge on any atom is -0.496 e. The molecule has 6 nitrogen and oxygen atoms in total. The first kappa shape index (κ1) is 23.6. The molecule has 5 rings (SSSR count). The molecule has 2 N–H and O–H groups in total. The summed E-state index contributed by atoms with van der Waals surface area (Å²) in [5.41, 5.74) is 4.27. The lowest BCUT2D eigenvalue weighted by molar-refractivity contribution is -0.139. The summed E-state index contributed by atoms with van der Waals surface area (Å²) in [7, 11) is 1.57. The molecular weight excluding hydrogens is 474 g/mol. The number of rotatable bonds is 8. The third-order valence-electron chi connectivity index (χ3n) is 6.12. The molecule has 0 bridgehead atoms. The average molecular weight is 500 g/mol. The highest BCUT2D eigenvalue weighted by Gasteiger charge is 2.16. The highest BCUT2D eigenvalue weighted by molar-refractivity contribution is 7.22. The standard InChI is InChI=1S/C29H25NO5S/c1-34-26-16-25(35-17-29(32)33)20(14-22(26)28-15-21-5-2-3-7-27(21)36-28)9-11-24(31)19-8-10-23-18(13-19)6-4-12-30-23/h2-3,5,7-11,13-16,30H,4,6,12,17H2,1H3,(H,32,33)/b11-9+. The molecule has 4 aromatic rings. The number of ether oxygens (including phenoxy) is 2. The molecular formula is C29H25NO5S. The van der Waals surface area contributed by atoms with E-state index in [1.54, 1.807) is 30.6 Å². The Labute approximate surface area is 212 Å². The van der Waals surface area contributed by atoms with Crippen molar-refractivity contribution in [2.45, 2.75) is 12.8 Å². The minimum absolute atomic E-state index is 0.133. The van der Waals surface area contributed by atoms with Crippen LogP contribution in [0.2, 0.25) is 0 Å². The number of aliphatic carboxylic acids is 1. The zero-order chi connectivity index (χ0) is 25.1. The van der Waals surface area contributed by atoms with Crippen LogP contribution < -0.4 is 14.8 Å². The number of carbonyl (C=O) groups is 2. The first-order chi connectivity index (χ1) is 17.5. The second kappa shape index (κ2) is 10.3. The highest BCUT2D eigenvalue weighted by atomic mass is 32.1. The largest absolute Gasteiger partial charge is 0.496 e. The molecule has 0 atom stereocenters. The van der Waals surface area contributed by atoms with Crippen LogP contribution >= 0.6 is 11.3 Å². The van der Waals surface area contributed by atoms with E-state index in [2.05, 4.69) is 23.5 Å². The number of thiophene rings is 1. The van der Waals surface area contributed by atoms with Crippen LogP contribution in [0.3, 0.4) is 0 Å². The molecule has 182 valence electrons. The van der Waals surface area contributed by atoms with Gasteiger partial charge in [0.1, 0.15) is 11.5 Å². The summed E-state index contributed by atoms with van der Waals surface area (Å²) in [5.74, 6) is -0.326. The van der Waals surface area contributed by atoms with E-state index < -0.39 is 12.6 Å². The molecule has 36 heavy (non-hydrogen) atoms. The number of benzene rings is 3. The van der Waals surface area contributed by atoms with Gasteiger partial charge >= 0.3 is 5.97 Å². The van der Waals surface area contributed by atoms with Gasteiger partial charge in [0.05, 0.1) is 7.11 Å². The minimum atomic E-state index is -1.09. The molecule has 0 saturated heterocycles. The number of aryl methyl sites for hydroxylation is 1. The van der Waals surface area contributed by atoms with E-state index in [-0.39, 0.29) is 5.78 Å². The lowest BCUT2D eigenvalue weighted by Crippen LogP contribution is -2.12. The fourth-order valence-corrected chi connectivity index (χ4v) is 5.42. The van der Waals surface area contributed by atoms with Gasteiger partial charge in [-0.1, -0.05) is 18.2 Å². The van der Waals surface area contributed by atoms with Gasteiger partial charge in [0.15, 0.2) is 12.4 Å². The summed E-state index contributed by atoms with van der Waals surface area (Å²) in [6.07, 6.45) is 5.16. The van der Waals surface area contributed by atoms with Crippen molar-refractivity contribution in [3.63, 3.8) is 0 Å². The zero-order valence-corrected chi connectivity index (χ0v) is 20.6. The second-order valence-electron chi connectivity index (χ2n) is 8.52. The molecule has 0 spiro atoms. The molecule has 1 aliphatic rings. The van der Waals surface area contributed by atoms with Gasteiger partial charge in [-0.15, -0.1) is 11.3 Å². The number of anilines is 1. The van der Waals surface area contributed by atoms with Crippen LogP contribution in [0.25, 0.3) is 26.6 Å². The fourth-order valence-electron chi connectivity index (χ4n) is 4.34. The van der Waals surface area contributed by atoms with Crippen LogP contribution in [0.1, 0.15) is 27.9 Å². The molecule has 1 aliphatic heterocycles. The molecule has 0 fully saturated rings. The van der Waals surface area contributed by atoms with E-state index in [4.69, 9.17) is 14.6 Å². The number of fused-ring (bicyclic) bond motifs is 2. The average Bonchev–Trinajstić information content (AvgIpc) is 3.34. The first-order valence-electron chi connectivity index (χ1n) is 11.7. The Kier molecular flexibility index (Phi) is 6.73. The Balaban J connectivity index is 1.52. The molecule has 1 aromatic heterocycles. The normalized spacial score (nSPS) is 12.8. The van der Waals surface area contributed by atoms with Gasteiger partial charge in [-0.05, 0) is 72.3 Å². The molecule has 0 amide bonds. The monoisotopic (exact) mass is 499 g/mol. The molecule has 3 aromatic carbocycles. The predicted octanol–water partition coefficient (Wildman–Crippen LogP) is 6.29. The number of nitrogens with one attached hydrogen (secondary N) is 1. The molecule has 0 unspecified atom stereocenters. The third kappa shape index (κ3) is 4.97. The van der Waals surface area contributed by atoms with Crippen molar-refractivity contribution >= 4 is 44.9 Å².